The van der Waals surface area contributed by atoms with Gasteiger partial charge < -0.3 is 0 Å². The first kappa shape index (κ1) is 8.73. The molecule has 62 valence electrons. The zero-order valence-corrected chi connectivity index (χ0v) is 7.63. The number of rotatable bonds is 0. The summed E-state index contributed by atoms with van der Waals surface area (Å²) >= 11 is 0. The quantitative estimate of drug-likeness (QED) is 0.541. The summed E-state index contributed by atoms with van der Waals surface area (Å²) in [5, 5.41) is 0. The van der Waals surface area contributed by atoms with E-state index in [1.165, 1.54) is 0 Å². The Labute approximate surface area is 73.1 Å². The highest BCUT2D eigenvalue weighted by Gasteiger charge is 1.88. The number of nitrogens with zero attached hydrogens (tertiary/aromatic N) is 2. The predicted molar refractivity (Wildman–Crippen MR) is 48.5 cm³/mol. The average molecular weight is 160 g/mol. The van der Waals surface area contributed by atoms with Crippen molar-refractivity contribution in [1.29, 1.82) is 0 Å². The van der Waals surface area contributed by atoms with Crippen LogP contribution < -0.4 is 0 Å². The fraction of sp³-hybridized carbons (Fsp3) is 0.400. The normalized spacial score (nSPS) is 9.33. The van der Waals surface area contributed by atoms with Crippen molar-refractivity contribution >= 4 is 0 Å². The van der Waals surface area contributed by atoms with Crippen LogP contribution >= 0.6 is 0 Å². The van der Waals surface area contributed by atoms with Crippen LogP contribution in [0.4, 0.5) is 0 Å². The third-order valence-electron chi connectivity index (χ3n) is 1.27. The third kappa shape index (κ3) is 2.71. The van der Waals surface area contributed by atoms with Crippen molar-refractivity contribution < 1.29 is 0 Å². The third-order valence-corrected chi connectivity index (χ3v) is 1.27. The van der Waals surface area contributed by atoms with Crippen LogP contribution in [0, 0.1) is 24.7 Å². The van der Waals surface area contributed by atoms with Gasteiger partial charge in [0.25, 0.3) is 0 Å². The standard InChI is InChI=1S/C10H12N2/c1-8(2)4-5-10-7-11-9(3)6-12-10/h6-8H,1-3H3. The highest BCUT2D eigenvalue weighted by molar-refractivity contribution is 5.25. The van der Waals surface area contributed by atoms with E-state index in [1.54, 1.807) is 12.4 Å². The van der Waals surface area contributed by atoms with Crippen LogP contribution in [0.2, 0.25) is 0 Å². The molecule has 0 saturated carbocycles. The summed E-state index contributed by atoms with van der Waals surface area (Å²) in [6.45, 7) is 6.01. The summed E-state index contributed by atoms with van der Waals surface area (Å²) in [5.41, 5.74) is 1.67. The minimum Gasteiger partial charge on any atom is -0.257 e. The van der Waals surface area contributed by atoms with E-state index in [4.69, 9.17) is 0 Å². The van der Waals surface area contributed by atoms with E-state index in [1.807, 2.05) is 6.92 Å². The van der Waals surface area contributed by atoms with Crippen LogP contribution in [0.15, 0.2) is 12.4 Å². The summed E-state index contributed by atoms with van der Waals surface area (Å²) in [4.78, 5) is 8.21. The molecule has 0 aliphatic heterocycles. The fourth-order valence-electron chi connectivity index (χ4n) is 0.675. The molecule has 0 radical (unpaired) electrons. The van der Waals surface area contributed by atoms with E-state index in [-0.39, 0.29) is 0 Å². The largest absolute Gasteiger partial charge is 0.257 e. The second-order valence-electron chi connectivity index (χ2n) is 2.97. The molecule has 0 bridgehead atoms. The van der Waals surface area contributed by atoms with Crippen LogP contribution in [0.25, 0.3) is 0 Å². The zero-order valence-electron chi connectivity index (χ0n) is 7.63. The molecule has 1 aromatic heterocycles. The number of aryl methyl sites for hydroxylation is 1. The Morgan fingerprint density at radius 2 is 2.00 bits per heavy atom. The Hall–Kier alpha value is -1.36. The molecule has 0 fully saturated rings. The lowest BCUT2D eigenvalue weighted by Gasteiger charge is -1.91. The van der Waals surface area contributed by atoms with E-state index in [0.717, 1.165) is 11.4 Å². The van der Waals surface area contributed by atoms with Gasteiger partial charge in [-0.1, -0.05) is 19.8 Å². The molecule has 1 aromatic rings. The number of hydrogen-bond donors (Lipinski definition) is 0. The molecule has 0 aliphatic carbocycles. The molecule has 0 spiro atoms. The Balaban J connectivity index is 2.79. The Bertz CT molecular complexity index is 301. The van der Waals surface area contributed by atoms with Crippen molar-refractivity contribution in [3.8, 4) is 11.8 Å². The lowest BCUT2D eigenvalue weighted by molar-refractivity contribution is 0.866. The van der Waals surface area contributed by atoms with Crippen LogP contribution in [-0.4, -0.2) is 9.97 Å². The molecule has 0 unspecified atom stereocenters. The van der Waals surface area contributed by atoms with Crippen LogP contribution in [0.5, 0.6) is 0 Å². The highest BCUT2D eigenvalue weighted by atomic mass is 14.8. The van der Waals surface area contributed by atoms with Gasteiger partial charge in [0.15, 0.2) is 0 Å². The Morgan fingerprint density at radius 1 is 1.25 bits per heavy atom. The lowest BCUT2D eigenvalue weighted by Crippen LogP contribution is -1.87. The van der Waals surface area contributed by atoms with Crippen molar-refractivity contribution in [1.82, 2.24) is 9.97 Å². The number of aromatic nitrogens is 2. The van der Waals surface area contributed by atoms with Gasteiger partial charge in [-0.25, -0.2) is 4.98 Å². The fourth-order valence-corrected chi connectivity index (χ4v) is 0.675. The minimum atomic E-state index is 0.383. The molecule has 0 saturated heterocycles. The van der Waals surface area contributed by atoms with Crippen LogP contribution in [0.1, 0.15) is 25.2 Å². The summed E-state index contributed by atoms with van der Waals surface area (Å²) in [6.07, 6.45) is 3.43. The van der Waals surface area contributed by atoms with E-state index in [0.29, 0.717) is 5.92 Å². The topological polar surface area (TPSA) is 25.8 Å². The molecule has 0 aliphatic rings. The molecule has 0 amide bonds. The van der Waals surface area contributed by atoms with Crippen LogP contribution in [-0.2, 0) is 0 Å². The summed E-state index contributed by atoms with van der Waals surface area (Å²) in [6, 6.07) is 0. The molecule has 0 N–H and O–H groups in total. The summed E-state index contributed by atoms with van der Waals surface area (Å²) in [7, 11) is 0. The predicted octanol–water partition coefficient (Wildman–Crippen LogP) is 1.79. The highest BCUT2D eigenvalue weighted by Crippen LogP contribution is 1.93. The van der Waals surface area contributed by atoms with E-state index < -0.39 is 0 Å². The van der Waals surface area contributed by atoms with E-state index in [9.17, 15) is 0 Å². The van der Waals surface area contributed by atoms with Gasteiger partial charge in [0.1, 0.15) is 5.69 Å². The lowest BCUT2D eigenvalue weighted by atomic mass is 10.2. The van der Waals surface area contributed by atoms with Crippen molar-refractivity contribution in [2.75, 3.05) is 0 Å². The van der Waals surface area contributed by atoms with Crippen LogP contribution in [0.3, 0.4) is 0 Å². The molecule has 1 heterocycles. The number of hydrogen-bond acceptors (Lipinski definition) is 2. The molecule has 2 nitrogen and oxygen atoms in total. The van der Waals surface area contributed by atoms with Crippen molar-refractivity contribution in [3.05, 3.63) is 23.8 Å². The first-order valence-electron chi connectivity index (χ1n) is 3.98. The maximum absolute atomic E-state index is 4.11. The monoisotopic (exact) mass is 160 g/mol. The van der Waals surface area contributed by atoms with Crippen molar-refractivity contribution in [2.45, 2.75) is 20.8 Å². The first-order chi connectivity index (χ1) is 5.68. The first-order valence-corrected chi connectivity index (χ1v) is 3.98. The van der Waals surface area contributed by atoms with Crippen molar-refractivity contribution in [3.63, 3.8) is 0 Å². The maximum Gasteiger partial charge on any atom is 0.131 e. The average Bonchev–Trinajstić information content (AvgIpc) is 2.03. The molecule has 12 heavy (non-hydrogen) atoms. The van der Waals surface area contributed by atoms with Gasteiger partial charge in [-0.2, -0.15) is 0 Å². The second kappa shape index (κ2) is 3.87. The van der Waals surface area contributed by atoms with E-state index in [2.05, 4.69) is 35.7 Å². The zero-order chi connectivity index (χ0) is 8.97. The molecule has 2 heteroatoms. The smallest absolute Gasteiger partial charge is 0.131 e. The van der Waals surface area contributed by atoms with Gasteiger partial charge in [0, 0.05) is 12.1 Å². The molecule has 1 rings (SSSR count). The van der Waals surface area contributed by atoms with Gasteiger partial charge in [-0.3, -0.25) is 4.98 Å². The molecule has 0 atom stereocenters. The summed E-state index contributed by atoms with van der Waals surface area (Å²) in [5.74, 6) is 6.36. The Kier molecular flexibility index (Phi) is 2.82. The molecule has 0 aromatic carbocycles. The molecular weight excluding hydrogens is 148 g/mol. The van der Waals surface area contributed by atoms with E-state index >= 15 is 0 Å². The van der Waals surface area contributed by atoms with Gasteiger partial charge in [0.05, 0.1) is 11.9 Å². The Morgan fingerprint density at radius 3 is 2.50 bits per heavy atom. The van der Waals surface area contributed by atoms with Crippen molar-refractivity contribution in [2.24, 2.45) is 5.92 Å². The SMILES string of the molecule is Cc1cnc(C#CC(C)C)cn1. The summed E-state index contributed by atoms with van der Waals surface area (Å²) < 4.78 is 0. The van der Waals surface area contributed by atoms with Gasteiger partial charge in [-0.05, 0) is 12.8 Å². The van der Waals surface area contributed by atoms with Gasteiger partial charge in [0.2, 0.25) is 0 Å². The molecular formula is C10H12N2. The maximum atomic E-state index is 4.11. The van der Waals surface area contributed by atoms with Gasteiger partial charge >= 0.3 is 0 Å². The van der Waals surface area contributed by atoms with Gasteiger partial charge in [-0.15, -0.1) is 0 Å². The minimum absolute atomic E-state index is 0.383. The second-order valence-corrected chi connectivity index (χ2v) is 2.97.